The van der Waals surface area contributed by atoms with Crippen molar-refractivity contribution in [2.24, 2.45) is 0 Å². The van der Waals surface area contributed by atoms with E-state index in [0.29, 0.717) is 12.4 Å². The van der Waals surface area contributed by atoms with Crippen LogP contribution in [0, 0.1) is 0 Å². The topological polar surface area (TPSA) is 52.3 Å². The number of hydrogen-bond acceptors (Lipinski definition) is 4. The molecule has 7 rings (SSSR count). The van der Waals surface area contributed by atoms with Gasteiger partial charge in [0.2, 0.25) is 0 Å². The highest BCUT2D eigenvalue weighted by Crippen LogP contribution is 2.50. The second-order valence-corrected chi connectivity index (χ2v) is 9.74. The summed E-state index contributed by atoms with van der Waals surface area (Å²) >= 11 is 0. The zero-order valence-corrected chi connectivity index (χ0v) is 19.1. The highest BCUT2D eigenvalue weighted by molar-refractivity contribution is 5.83. The summed E-state index contributed by atoms with van der Waals surface area (Å²) in [6.07, 6.45) is 9.08. The van der Waals surface area contributed by atoms with Gasteiger partial charge in [-0.2, -0.15) is 0 Å². The Balaban J connectivity index is 1.29. The van der Waals surface area contributed by atoms with Gasteiger partial charge in [0.1, 0.15) is 18.7 Å². The van der Waals surface area contributed by atoms with E-state index in [-0.39, 0.29) is 5.41 Å². The van der Waals surface area contributed by atoms with E-state index in [1.165, 1.54) is 59.6 Å². The van der Waals surface area contributed by atoms with E-state index in [1.54, 1.807) is 0 Å². The number of ether oxygens (including phenoxy) is 1. The summed E-state index contributed by atoms with van der Waals surface area (Å²) in [7, 11) is 0. The Bertz CT molecular complexity index is 1530. The zero-order chi connectivity index (χ0) is 22.5. The van der Waals surface area contributed by atoms with Gasteiger partial charge in [-0.1, -0.05) is 73.9 Å². The van der Waals surface area contributed by atoms with Gasteiger partial charge >= 0.3 is 0 Å². The van der Waals surface area contributed by atoms with Gasteiger partial charge in [0.05, 0.1) is 5.69 Å². The molecule has 0 saturated heterocycles. The van der Waals surface area contributed by atoms with Crippen LogP contribution in [0.15, 0.2) is 73.1 Å². The molecular weight excluding hydrogens is 420 g/mol. The average Bonchev–Trinajstić information content (AvgIpc) is 3.31. The number of fused-ring (bicyclic) bond motifs is 7. The third-order valence-corrected chi connectivity index (χ3v) is 7.66. The van der Waals surface area contributed by atoms with Crippen LogP contribution in [0.2, 0.25) is 0 Å². The van der Waals surface area contributed by atoms with E-state index in [9.17, 15) is 0 Å². The van der Waals surface area contributed by atoms with E-state index in [0.717, 1.165) is 23.5 Å². The Morgan fingerprint density at radius 1 is 0.882 bits per heavy atom. The number of aromatic nitrogens is 4. The summed E-state index contributed by atoms with van der Waals surface area (Å²) in [5.41, 5.74) is 6.07. The fourth-order valence-corrected chi connectivity index (χ4v) is 6.07. The Morgan fingerprint density at radius 2 is 1.71 bits per heavy atom. The first-order valence-corrected chi connectivity index (χ1v) is 12.2. The molecule has 1 fully saturated rings. The van der Waals surface area contributed by atoms with Crippen molar-refractivity contribution < 1.29 is 4.74 Å². The van der Waals surface area contributed by atoms with Crippen molar-refractivity contribution in [3.63, 3.8) is 0 Å². The maximum absolute atomic E-state index is 6.11. The minimum Gasteiger partial charge on any atom is -0.486 e. The van der Waals surface area contributed by atoms with Crippen LogP contribution in [-0.4, -0.2) is 19.6 Å². The first-order valence-electron chi connectivity index (χ1n) is 12.2. The van der Waals surface area contributed by atoms with Gasteiger partial charge in [0.15, 0.2) is 11.5 Å². The molecule has 1 saturated carbocycles. The monoisotopic (exact) mass is 446 g/mol. The molecule has 5 aromatic rings. The first kappa shape index (κ1) is 19.7. The van der Waals surface area contributed by atoms with Gasteiger partial charge in [0, 0.05) is 16.5 Å². The predicted octanol–water partition coefficient (Wildman–Crippen LogP) is 6.28. The molecule has 168 valence electrons. The molecule has 1 spiro atoms. The van der Waals surface area contributed by atoms with Gasteiger partial charge in [-0.15, -0.1) is 5.10 Å². The van der Waals surface area contributed by atoms with Gasteiger partial charge in [-0.3, -0.25) is 0 Å². The molecule has 2 aliphatic carbocycles. The number of nitrogens with zero attached hydrogens (tertiary/aromatic N) is 4. The molecule has 0 amide bonds. The third kappa shape index (κ3) is 3.11. The SMILES string of the molecule is c1ccc2c(c1)CC1(CCCCC1)c1c-2ncn2nc(COc3ccc4ccccc4c3)nc12. The molecule has 3 aromatic carbocycles. The highest BCUT2D eigenvalue weighted by Gasteiger charge is 2.42. The van der Waals surface area contributed by atoms with E-state index in [2.05, 4.69) is 54.6 Å². The summed E-state index contributed by atoms with van der Waals surface area (Å²) in [5, 5.41) is 7.12. The standard InChI is InChI=1S/C29H26N4O/c1-6-14-29(15-7-1)17-22-10-4-5-11-24(22)27-26(29)28-31-25(32-33(28)19-30-27)18-34-23-13-12-20-8-2-3-9-21(20)16-23/h2-5,8-13,16,19H,1,6-7,14-15,17-18H2. The van der Waals surface area contributed by atoms with Crippen LogP contribution >= 0.6 is 0 Å². The molecule has 0 unspecified atom stereocenters. The second kappa shape index (κ2) is 7.66. The highest BCUT2D eigenvalue weighted by atomic mass is 16.5. The lowest BCUT2D eigenvalue weighted by atomic mass is 9.62. The van der Waals surface area contributed by atoms with Crippen molar-refractivity contribution in [2.75, 3.05) is 0 Å². The maximum Gasteiger partial charge on any atom is 0.189 e. The van der Waals surface area contributed by atoms with Crippen LogP contribution < -0.4 is 4.74 Å². The van der Waals surface area contributed by atoms with Crippen LogP contribution in [0.25, 0.3) is 27.7 Å². The summed E-state index contributed by atoms with van der Waals surface area (Å²) in [6, 6.07) is 23.2. The number of hydrogen-bond donors (Lipinski definition) is 0. The van der Waals surface area contributed by atoms with Crippen LogP contribution in [-0.2, 0) is 18.4 Å². The van der Waals surface area contributed by atoms with Crippen molar-refractivity contribution in [3.8, 4) is 17.0 Å². The smallest absolute Gasteiger partial charge is 0.189 e. The molecular formula is C29H26N4O. The van der Waals surface area contributed by atoms with Crippen molar-refractivity contribution in [1.29, 1.82) is 0 Å². The van der Waals surface area contributed by atoms with Gasteiger partial charge in [-0.05, 0) is 47.7 Å². The molecule has 2 heterocycles. The molecule has 34 heavy (non-hydrogen) atoms. The quantitative estimate of drug-likeness (QED) is 0.327. The van der Waals surface area contributed by atoms with E-state index >= 15 is 0 Å². The first-order chi connectivity index (χ1) is 16.8. The predicted molar refractivity (Wildman–Crippen MR) is 133 cm³/mol. The second-order valence-electron chi connectivity index (χ2n) is 9.74. The Morgan fingerprint density at radius 3 is 2.62 bits per heavy atom. The average molecular weight is 447 g/mol. The van der Waals surface area contributed by atoms with Crippen molar-refractivity contribution in [1.82, 2.24) is 19.6 Å². The summed E-state index contributed by atoms with van der Waals surface area (Å²) in [5.74, 6) is 1.52. The largest absolute Gasteiger partial charge is 0.486 e. The fraction of sp³-hybridized carbons (Fsp3) is 0.276. The lowest BCUT2D eigenvalue weighted by Crippen LogP contribution is -2.36. The molecule has 2 aliphatic rings. The molecule has 0 N–H and O–H groups in total. The summed E-state index contributed by atoms with van der Waals surface area (Å²) in [4.78, 5) is 9.94. The molecule has 5 nitrogen and oxygen atoms in total. The molecule has 0 radical (unpaired) electrons. The van der Waals surface area contributed by atoms with E-state index in [4.69, 9.17) is 19.8 Å². The van der Waals surface area contributed by atoms with Crippen molar-refractivity contribution in [3.05, 3.63) is 90.0 Å². The molecule has 5 heteroatoms. The summed E-state index contributed by atoms with van der Waals surface area (Å²) < 4.78 is 7.97. The zero-order valence-electron chi connectivity index (χ0n) is 19.1. The Hall–Kier alpha value is -3.73. The normalized spacial score (nSPS) is 16.5. The summed E-state index contributed by atoms with van der Waals surface area (Å²) in [6.45, 7) is 0.332. The lowest BCUT2D eigenvalue weighted by Gasteiger charge is -2.42. The molecule has 2 aromatic heterocycles. The van der Waals surface area contributed by atoms with Crippen LogP contribution in [0.5, 0.6) is 5.75 Å². The molecule has 0 aliphatic heterocycles. The number of rotatable bonds is 3. The fourth-order valence-electron chi connectivity index (χ4n) is 6.07. The maximum atomic E-state index is 6.11. The van der Waals surface area contributed by atoms with Crippen LogP contribution in [0.1, 0.15) is 49.1 Å². The third-order valence-electron chi connectivity index (χ3n) is 7.66. The minimum atomic E-state index is 0.0982. The lowest BCUT2D eigenvalue weighted by molar-refractivity contribution is 0.288. The number of benzene rings is 3. The Kier molecular flexibility index (Phi) is 4.44. The van der Waals surface area contributed by atoms with Gasteiger partial charge < -0.3 is 4.74 Å². The Labute approximate surface area is 198 Å². The van der Waals surface area contributed by atoms with E-state index in [1.807, 2.05) is 23.0 Å². The molecule has 0 atom stereocenters. The van der Waals surface area contributed by atoms with Crippen LogP contribution in [0.4, 0.5) is 0 Å². The minimum absolute atomic E-state index is 0.0982. The van der Waals surface area contributed by atoms with Gasteiger partial charge in [0.25, 0.3) is 0 Å². The molecule has 0 bridgehead atoms. The van der Waals surface area contributed by atoms with Crippen LogP contribution in [0.3, 0.4) is 0 Å². The van der Waals surface area contributed by atoms with E-state index < -0.39 is 0 Å². The van der Waals surface area contributed by atoms with Gasteiger partial charge in [-0.25, -0.2) is 14.5 Å². The van der Waals surface area contributed by atoms with Crippen molar-refractivity contribution >= 4 is 16.4 Å². The van der Waals surface area contributed by atoms with Crippen molar-refractivity contribution in [2.45, 2.75) is 50.5 Å².